The van der Waals surface area contributed by atoms with Gasteiger partial charge in [0, 0.05) is 6.42 Å². The molecule has 6 nitrogen and oxygen atoms in total. The van der Waals surface area contributed by atoms with Gasteiger partial charge in [-0.3, -0.25) is 9.59 Å². The average molecular weight is 708 g/mol. The number of hydrogen-bond acceptors (Lipinski definition) is 5. The molecule has 0 rings (SSSR count). The molecule has 0 saturated heterocycles. The Hall–Kier alpha value is -1.40. The maximum absolute atomic E-state index is 13.0. The summed E-state index contributed by atoms with van der Waals surface area (Å²) in [6, 6.07) is -0.696. The molecule has 0 aliphatic heterocycles. The predicted octanol–water partition coefficient (Wildman–Crippen LogP) is 12.2. The van der Waals surface area contributed by atoms with Crippen LogP contribution in [-0.2, 0) is 14.3 Å². The molecule has 0 saturated carbocycles. The van der Waals surface area contributed by atoms with Crippen LogP contribution in [0.25, 0.3) is 0 Å². The summed E-state index contributed by atoms with van der Waals surface area (Å²) in [4.78, 5) is 25.8. The molecule has 0 spiro atoms. The van der Waals surface area contributed by atoms with E-state index in [0.29, 0.717) is 19.3 Å². The van der Waals surface area contributed by atoms with E-state index in [1.165, 1.54) is 116 Å². The molecule has 50 heavy (non-hydrogen) atoms. The first kappa shape index (κ1) is 48.6. The van der Waals surface area contributed by atoms with Crippen molar-refractivity contribution in [1.29, 1.82) is 0 Å². The second kappa shape index (κ2) is 38.8. The number of carbonyl (C=O) groups is 2. The van der Waals surface area contributed by atoms with Gasteiger partial charge in [0.05, 0.1) is 25.2 Å². The molecule has 0 radical (unpaired) electrons. The summed E-state index contributed by atoms with van der Waals surface area (Å²) in [5.74, 6) is -0.486. The minimum atomic E-state index is -0.782. The Kier molecular flexibility index (Phi) is 37.7. The summed E-state index contributed by atoms with van der Waals surface area (Å²) < 4.78 is 5.86. The normalized spacial score (nSPS) is 13.5. The fraction of sp³-hybridized carbons (Fsp3) is 0.909. The van der Waals surface area contributed by atoms with E-state index in [1.54, 1.807) is 0 Å². The van der Waals surface area contributed by atoms with Crippen LogP contribution in [0, 0.1) is 0 Å². The van der Waals surface area contributed by atoms with Crippen molar-refractivity contribution in [3.8, 4) is 0 Å². The average Bonchev–Trinajstić information content (AvgIpc) is 3.10. The van der Waals surface area contributed by atoms with Gasteiger partial charge in [-0.05, 0) is 44.9 Å². The van der Waals surface area contributed by atoms with Gasteiger partial charge < -0.3 is 20.3 Å². The molecule has 0 aliphatic rings. The molecule has 0 bridgehead atoms. The van der Waals surface area contributed by atoms with Gasteiger partial charge in [-0.25, -0.2) is 0 Å². The minimum Gasteiger partial charge on any atom is -0.462 e. The SMILES string of the molecule is CCC/C=C\CCCCCC(CC(=O)NC(CO)C(O)CCCCCCCCCCC)OC(=O)CCCCCCCCCCCCCCCC. The fourth-order valence-electron chi connectivity index (χ4n) is 6.73. The highest BCUT2D eigenvalue weighted by molar-refractivity contribution is 5.77. The second-order valence-electron chi connectivity index (χ2n) is 15.1. The first-order valence-corrected chi connectivity index (χ1v) is 21.9. The minimum absolute atomic E-state index is 0.0716. The van der Waals surface area contributed by atoms with E-state index in [1.807, 2.05) is 0 Å². The Morgan fingerprint density at radius 2 is 1.00 bits per heavy atom. The summed E-state index contributed by atoms with van der Waals surface area (Å²) in [5, 5.41) is 23.5. The molecule has 3 N–H and O–H groups in total. The molecule has 0 aromatic heterocycles. The molecule has 0 heterocycles. The number of unbranched alkanes of at least 4 members (excludes halogenated alkanes) is 25. The van der Waals surface area contributed by atoms with Crippen LogP contribution < -0.4 is 5.32 Å². The van der Waals surface area contributed by atoms with Gasteiger partial charge in [0.15, 0.2) is 0 Å². The Bertz CT molecular complexity index is 757. The third kappa shape index (κ3) is 33.7. The number of amides is 1. The molecular weight excluding hydrogens is 622 g/mol. The number of aliphatic hydroxyl groups excluding tert-OH is 2. The van der Waals surface area contributed by atoms with Crippen molar-refractivity contribution in [2.24, 2.45) is 0 Å². The third-order valence-electron chi connectivity index (χ3n) is 10.1. The lowest BCUT2D eigenvalue weighted by Gasteiger charge is -2.24. The standard InChI is InChI=1S/C44H85NO5/c1-4-7-10-13-16-19-20-21-22-23-25-28-31-34-37-44(49)50-40(35-32-29-26-18-15-12-9-6-3)38-43(48)45-41(39-46)42(47)36-33-30-27-24-17-14-11-8-5-2/h12,15,40-42,46-47H,4-11,13-14,16-39H2,1-3H3,(H,45,48)/b15-12-. The van der Waals surface area contributed by atoms with Gasteiger partial charge in [-0.2, -0.15) is 0 Å². The van der Waals surface area contributed by atoms with Crippen LogP contribution in [0.1, 0.15) is 233 Å². The maximum atomic E-state index is 13.0. The van der Waals surface area contributed by atoms with Crippen molar-refractivity contribution >= 4 is 11.9 Å². The number of ether oxygens (including phenoxy) is 1. The van der Waals surface area contributed by atoms with Crippen LogP contribution in [0.3, 0.4) is 0 Å². The van der Waals surface area contributed by atoms with Crippen LogP contribution >= 0.6 is 0 Å². The quantitative estimate of drug-likeness (QED) is 0.0336. The third-order valence-corrected chi connectivity index (χ3v) is 10.1. The Morgan fingerprint density at radius 1 is 0.560 bits per heavy atom. The molecule has 0 aromatic carbocycles. The van der Waals surface area contributed by atoms with Gasteiger partial charge >= 0.3 is 5.97 Å². The number of esters is 1. The molecule has 0 aromatic rings. The van der Waals surface area contributed by atoms with Gasteiger partial charge in [0.2, 0.25) is 5.91 Å². The molecule has 0 fully saturated rings. The van der Waals surface area contributed by atoms with Crippen LogP contribution in [-0.4, -0.2) is 46.9 Å². The van der Waals surface area contributed by atoms with Crippen LogP contribution in [0.5, 0.6) is 0 Å². The molecule has 3 unspecified atom stereocenters. The lowest BCUT2D eigenvalue weighted by molar-refractivity contribution is -0.151. The van der Waals surface area contributed by atoms with E-state index in [-0.39, 0.29) is 24.9 Å². The Labute approximate surface area is 310 Å². The van der Waals surface area contributed by atoms with Crippen molar-refractivity contribution < 1.29 is 24.5 Å². The summed E-state index contributed by atoms with van der Waals surface area (Å²) in [7, 11) is 0. The van der Waals surface area contributed by atoms with E-state index >= 15 is 0 Å². The number of rotatable bonds is 39. The van der Waals surface area contributed by atoms with Crippen molar-refractivity contribution in [1.82, 2.24) is 5.32 Å². The Balaban J connectivity index is 4.48. The zero-order valence-electron chi connectivity index (χ0n) is 33.5. The van der Waals surface area contributed by atoms with Gasteiger partial charge in [0.25, 0.3) is 0 Å². The Morgan fingerprint density at radius 3 is 1.50 bits per heavy atom. The monoisotopic (exact) mass is 708 g/mol. The largest absolute Gasteiger partial charge is 0.462 e. The van der Waals surface area contributed by atoms with Gasteiger partial charge in [-0.15, -0.1) is 0 Å². The molecule has 1 amide bonds. The molecule has 296 valence electrons. The fourth-order valence-corrected chi connectivity index (χ4v) is 6.73. The first-order valence-electron chi connectivity index (χ1n) is 21.9. The van der Waals surface area contributed by atoms with E-state index in [2.05, 4.69) is 38.2 Å². The van der Waals surface area contributed by atoms with Crippen LogP contribution in [0.2, 0.25) is 0 Å². The number of nitrogens with one attached hydrogen (secondary N) is 1. The van der Waals surface area contributed by atoms with Crippen molar-refractivity contribution in [2.45, 2.75) is 251 Å². The number of hydrogen-bond donors (Lipinski definition) is 3. The topological polar surface area (TPSA) is 95.9 Å². The van der Waals surface area contributed by atoms with Gasteiger partial charge in [-0.1, -0.05) is 187 Å². The highest BCUT2D eigenvalue weighted by Gasteiger charge is 2.24. The van der Waals surface area contributed by atoms with E-state index in [0.717, 1.165) is 70.6 Å². The summed E-state index contributed by atoms with van der Waals surface area (Å²) >= 11 is 0. The lowest BCUT2D eigenvalue weighted by Crippen LogP contribution is -2.46. The number of aliphatic hydroxyl groups is 2. The van der Waals surface area contributed by atoms with E-state index in [9.17, 15) is 19.8 Å². The summed E-state index contributed by atoms with van der Waals surface area (Å²) in [6.45, 7) is 6.38. The predicted molar refractivity (Wildman–Crippen MR) is 213 cm³/mol. The van der Waals surface area contributed by atoms with Crippen molar-refractivity contribution in [3.05, 3.63) is 12.2 Å². The van der Waals surface area contributed by atoms with Crippen molar-refractivity contribution in [2.75, 3.05) is 6.61 Å². The smallest absolute Gasteiger partial charge is 0.306 e. The van der Waals surface area contributed by atoms with E-state index < -0.39 is 18.2 Å². The zero-order chi connectivity index (χ0) is 36.8. The molecule has 3 atom stereocenters. The zero-order valence-corrected chi connectivity index (χ0v) is 33.5. The highest BCUT2D eigenvalue weighted by Crippen LogP contribution is 2.17. The second-order valence-corrected chi connectivity index (χ2v) is 15.1. The number of allylic oxidation sites excluding steroid dienone is 2. The first-order chi connectivity index (χ1) is 24.5. The summed E-state index contributed by atoms with van der Waals surface area (Å²) in [6.07, 6.45) is 40.0. The molecule has 6 heteroatoms. The molecular formula is C44H85NO5. The lowest BCUT2D eigenvalue weighted by atomic mass is 10.0. The van der Waals surface area contributed by atoms with Gasteiger partial charge in [0.1, 0.15) is 6.10 Å². The van der Waals surface area contributed by atoms with Crippen LogP contribution in [0.4, 0.5) is 0 Å². The van der Waals surface area contributed by atoms with Crippen molar-refractivity contribution in [3.63, 3.8) is 0 Å². The molecule has 0 aliphatic carbocycles. The summed E-state index contributed by atoms with van der Waals surface area (Å²) in [5.41, 5.74) is 0. The highest BCUT2D eigenvalue weighted by atomic mass is 16.5. The van der Waals surface area contributed by atoms with Crippen LogP contribution in [0.15, 0.2) is 12.2 Å². The van der Waals surface area contributed by atoms with E-state index in [4.69, 9.17) is 4.74 Å². The number of carbonyl (C=O) groups excluding carboxylic acids is 2. The maximum Gasteiger partial charge on any atom is 0.306 e.